The summed E-state index contributed by atoms with van der Waals surface area (Å²) in [5.41, 5.74) is 4.84. The van der Waals surface area contributed by atoms with Gasteiger partial charge in [-0.2, -0.15) is 0 Å². The van der Waals surface area contributed by atoms with Gasteiger partial charge in [-0.1, -0.05) is 13.8 Å². The molecule has 1 unspecified atom stereocenters. The number of hydrogen-bond donors (Lipinski definition) is 3. The molecule has 0 fully saturated rings. The third-order valence-corrected chi connectivity index (χ3v) is 0.712. The van der Waals surface area contributed by atoms with E-state index in [2.05, 4.69) is 0 Å². The maximum atomic E-state index is 9.85. The normalized spacial score (nSPS) is 10.8. The molecule has 0 saturated heterocycles. The Morgan fingerprint density at radius 2 is 1.73 bits per heavy atom. The van der Waals surface area contributed by atoms with Crippen molar-refractivity contribution in [2.24, 2.45) is 5.73 Å². The summed E-state index contributed by atoms with van der Waals surface area (Å²) in [6, 6.07) is -1.29. The highest BCUT2D eigenvalue weighted by Gasteiger charge is 2.14. The lowest BCUT2D eigenvalue weighted by Crippen LogP contribution is -2.32. The molecule has 0 amide bonds. The summed E-state index contributed by atoms with van der Waals surface area (Å²) in [5.74, 6) is -2.50. The number of carboxylic acids is 2. The monoisotopic (exact) mass is 163 g/mol. The maximum absolute atomic E-state index is 9.85. The van der Waals surface area contributed by atoms with Gasteiger partial charge in [0.2, 0.25) is 0 Å². The Morgan fingerprint density at radius 1 is 1.36 bits per heavy atom. The van der Waals surface area contributed by atoms with Gasteiger partial charge < -0.3 is 15.9 Å². The van der Waals surface area contributed by atoms with Crippen LogP contribution < -0.4 is 5.73 Å². The molecular weight excluding hydrogens is 150 g/mol. The maximum Gasteiger partial charge on any atom is 0.321 e. The van der Waals surface area contributed by atoms with Crippen LogP contribution in [0.5, 0.6) is 0 Å². The summed E-state index contributed by atoms with van der Waals surface area (Å²) in [4.78, 5) is 19.6. The molecule has 0 aromatic carbocycles. The van der Waals surface area contributed by atoms with E-state index in [4.69, 9.17) is 15.9 Å². The van der Waals surface area contributed by atoms with Crippen LogP contribution in [-0.4, -0.2) is 28.2 Å². The van der Waals surface area contributed by atoms with Gasteiger partial charge in [-0.05, 0) is 0 Å². The fourth-order valence-corrected chi connectivity index (χ4v) is 0.275. The minimum Gasteiger partial charge on any atom is -0.481 e. The molecule has 0 bridgehead atoms. The molecule has 0 radical (unpaired) electrons. The molecule has 0 spiro atoms. The number of carbonyl (C=O) groups is 2. The van der Waals surface area contributed by atoms with Gasteiger partial charge in [-0.3, -0.25) is 9.59 Å². The highest BCUT2D eigenvalue weighted by Crippen LogP contribution is 1.86. The van der Waals surface area contributed by atoms with Crippen molar-refractivity contribution < 1.29 is 19.8 Å². The summed E-state index contributed by atoms with van der Waals surface area (Å²) >= 11 is 0. The molecular formula is C6H13NO4. The van der Waals surface area contributed by atoms with Crippen LogP contribution in [0, 0.1) is 0 Å². The van der Waals surface area contributed by atoms with Crippen LogP contribution >= 0.6 is 0 Å². The van der Waals surface area contributed by atoms with Crippen molar-refractivity contribution in [2.45, 2.75) is 26.3 Å². The number of aliphatic carboxylic acids is 2. The standard InChI is InChI=1S/C4H7NO4.C2H6/c5-2(4(8)9)1-3(6)7;1-2/h2H,1,5H2,(H,6,7)(H,8,9);1-2H3. The molecule has 1 atom stereocenters. The Bertz CT molecular complexity index is 135. The van der Waals surface area contributed by atoms with E-state index in [0.29, 0.717) is 0 Å². The molecule has 4 N–H and O–H groups in total. The van der Waals surface area contributed by atoms with Crippen molar-refractivity contribution in [3.63, 3.8) is 0 Å². The minimum absolute atomic E-state index is 0.532. The molecule has 0 aromatic rings. The Kier molecular flexibility index (Phi) is 8.01. The second kappa shape index (κ2) is 7.01. The highest BCUT2D eigenvalue weighted by molar-refractivity contribution is 5.80. The molecule has 0 aliphatic heterocycles. The SMILES string of the molecule is CC.NC(CC(=O)O)C(=O)O. The van der Waals surface area contributed by atoms with Gasteiger partial charge in [-0.25, -0.2) is 0 Å². The first-order chi connectivity index (χ1) is 5.04. The molecule has 0 saturated carbocycles. The average Bonchev–Trinajstić information content (AvgIpc) is 1.90. The number of rotatable bonds is 3. The van der Waals surface area contributed by atoms with Crippen LogP contribution in [0.25, 0.3) is 0 Å². The van der Waals surface area contributed by atoms with Gasteiger partial charge in [0.05, 0.1) is 6.42 Å². The molecule has 0 aliphatic carbocycles. The first-order valence-corrected chi connectivity index (χ1v) is 3.24. The number of carboxylic acid groups (broad SMARTS) is 2. The second-order valence-corrected chi connectivity index (χ2v) is 1.54. The summed E-state index contributed by atoms with van der Waals surface area (Å²) < 4.78 is 0. The molecule has 0 heterocycles. The molecule has 0 rings (SSSR count). The van der Waals surface area contributed by atoms with E-state index >= 15 is 0 Å². The van der Waals surface area contributed by atoms with E-state index in [1.807, 2.05) is 13.8 Å². The molecule has 0 aromatic heterocycles. The molecule has 5 nitrogen and oxygen atoms in total. The molecule has 11 heavy (non-hydrogen) atoms. The lowest BCUT2D eigenvalue weighted by Gasteiger charge is -1.99. The van der Waals surface area contributed by atoms with Gasteiger partial charge in [0.1, 0.15) is 6.04 Å². The lowest BCUT2D eigenvalue weighted by molar-refractivity contribution is -0.144. The van der Waals surface area contributed by atoms with Crippen LogP contribution in [0.1, 0.15) is 20.3 Å². The third kappa shape index (κ3) is 8.90. The fourth-order valence-electron chi connectivity index (χ4n) is 0.275. The smallest absolute Gasteiger partial charge is 0.321 e. The number of hydrogen-bond acceptors (Lipinski definition) is 3. The van der Waals surface area contributed by atoms with Gasteiger partial charge >= 0.3 is 11.9 Å². The zero-order valence-corrected chi connectivity index (χ0v) is 6.57. The van der Waals surface area contributed by atoms with Gasteiger partial charge in [0.25, 0.3) is 0 Å². The van der Waals surface area contributed by atoms with Gasteiger partial charge in [0.15, 0.2) is 0 Å². The summed E-state index contributed by atoms with van der Waals surface area (Å²) in [6.45, 7) is 4.00. The summed E-state index contributed by atoms with van der Waals surface area (Å²) in [7, 11) is 0. The second-order valence-electron chi connectivity index (χ2n) is 1.54. The predicted molar refractivity (Wildman–Crippen MR) is 39.2 cm³/mol. The largest absolute Gasteiger partial charge is 0.481 e. The average molecular weight is 163 g/mol. The first-order valence-electron chi connectivity index (χ1n) is 3.24. The van der Waals surface area contributed by atoms with Gasteiger partial charge in [-0.15, -0.1) is 0 Å². The van der Waals surface area contributed by atoms with Crippen LogP contribution in [0.3, 0.4) is 0 Å². The van der Waals surface area contributed by atoms with E-state index < -0.39 is 24.4 Å². The molecule has 5 heteroatoms. The molecule has 0 aliphatic rings. The predicted octanol–water partition coefficient (Wildman–Crippen LogP) is -0.101. The van der Waals surface area contributed by atoms with Crippen molar-refractivity contribution in [3.8, 4) is 0 Å². The zero-order valence-electron chi connectivity index (χ0n) is 6.57. The fraction of sp³-hybridized carbons (Fsp3) is 0.667. The zero-order chi connectivity index (χ0) is 9.44. The summed E-state index contributed by atoms with van der Waals surface area (Å²) in [5, 5.41) is 16.0. The van der Waals surface area contributed by atoms with Crippen LogP contribution in [0.2, 0.25) is 0 Å². The van der Waals surface area contributed by atoms with Crippen molar-refractivity contribution in [1.82, 2.24) is 0 Å². The highest BCUT2D eigenvalue weighted by atomic mass is 16.4. The third-order valence-electron chi connectivity index (χ3n) is 0.712. The lowest BCUT2D eigenvalue weighted by atomic mass is 10.2. The van der Waals surface area contributed by atoms with Crippen LogP contribution in [-0.2, 0) is 9.59 Å². The Labute approximate surface area is 64.8 Å². The van der Waals surface area contributed by atoms with E-state index in [0.717, 1.165) is 0 Å². The Balaban J connectivity index is 0. The van der Waals surface area contributed by atoms with Gasteiger partial charge in [0, 0.05) is 0 Å². The molecule has 66 valence electrons. The van der Waals surface area contributed by atoms with E-state index in [1.165, 1.54) is 0 Å². The first kappa shape index (κ1) is 12.6. The van der Waals surface area contributed by atoms with Crippen molar-refractivity contribution in [2.75, 3.05) is 0 Å². The van der Waals surface area contributed by atoms with E-state index in [9.17, 15) is 9.59 Å². The van der Waals surface area contributed by atoms with E-state index in [-0.39, 0.29) is 0 Å². The number of nitrogens with two attached hydrogens (primary N) is 1. The van der Waals surface area contributed by atoms with Crippen molar-refractivity contribution in [1.29, 1.82) is 0 Å². The van der Waals surface area contributed by atoms with Crippen LogP contribution in [0.4, 0.5) is 0 Å². The van der Waals surface area contributed by atoms with Crippen molar-refractivity contribution >= 4 is 11.9 Å². The quantitative estimate of drug-likeness (QED) is 0.539. The summed E-state index contributed by atoms with van der Waals surface area (Å²) in [6.07, 6.45) is -0.532. The Morgan fingerprint density at radius 3 is 1.82 bits per heavy atom. The Hall–Kier alpha value is -1.10. The topological polar surface area (TPSA) is 101 Å². The van der Waals surface area contributed by atoms with Crippen LogP contribution in [0.15, 0.2) is 0 Å². The van der Waals surface area contributed by atoms with E-state index in [1.54, 1.807) is 0 Å². The minimum atomic E-state index is -1.29. The van der Waals surface area contributed by atoms with Crippen molar-refractivity contribution in [3.05, 3.63) is 0 Å².